The molecule has 0 aromatic carbocycles. The first-order valence-corrected chi connectivity index (χ1v) is 5.86. The van der Waals surface area contributed by atoms with Gasteiger partial charge in [-0.3, -0.25) is 9.97 Å². The zero-order valence-electron chi connectivity index (χ0n) is 10.4. The maximum absolute atomic E-state index is 11.4. The number of nitrogens with zero attached hydrogens (tertiary/aromatic N) is 3. The number of nitrogens with one attached hydrogen (secondary N) is 1. The van der Waals surface area contributed by atoms with Crippen molar-refractivity contribution < 1.29 is 0 Å². The van der Waals surface area contributed by atoms with Crippen LogP contribution in [0.1, 0.15) is 0 Å². The molecule has 0 bridgehead atoms. The van der Waals surface area contributed by atoms with Gasteiger partial charge in [-0.15, -0.1) is 0 Å². The van der Waals surface area contributed by atoms with Crippen LogP contribution in [0.3, 0.4) is 0 Å². The van der Waals surface area contributed by atoms with Crippen LogP contribution in [0.15, 0.2) is 53.8 Å². The molecule has 94 valence electrons. The first kappa shape index (κ1) is 11.4. The highest BCUT2D eigenvalue weighted by atomic mass is 16.1. The maximum atomic E-state index is 11.4. The fraction of sp³-hybridized carbons (Fsp3) is 0.0714. The van der Waals surface area contributed by atoms with Crippen molar-refractivity contribution >= 4 is 0 Å². The molecule has 3 heterocycles. The summed E-state index contributed by atoms with van der Waals surface area (Å²) in [4.78, 5) is 22.6. The third-order valence-corrected chi connectivity index (χ3v) is 2.92. The molecule has 0 saturated heterocycles. The molecule has 19 heavy (non-hydrogen) atoms. The van der Waals surface area contributed by atoms with Crippen LogP contribution in [-0.4, -0.2) is 19.5 Å². The van der Waals surface area contributed by atoms with E-state index in [0.29, 0.717) is 5.69 Å². The van der Waals surface area contributed by atoms with Gasteiger partial charge in [-0.25, -0.2) is 4.79 Å². The molecular formula is C14H12N4O. The Balaban J connectivity index is 2.08. The lowest BCUT2D eigenvalue weighted by molar-refractivity contribution is 0.862. The Labute approximate surface area is 109 Å². The number of pyridine rings is 2. The smallest absolute Gasteiger partial charge is 0.304 e. The van der Waals surface area contributed by atoms with Gasteiger partial charge in [-0.1, -0.05) is 6.07 Å². The number of aryl methyl sites for hydroxylation is 1. The van der Waals surface area contributed by atoms with Gasteiger partial charge >= 0.3 is 5.69 Å². The van der Waals surface area contributed by atoms with Gasteiger partial charge in [0.05, 0.1) is 11.4 Å². The predicted octanol–water partition coefficient (Wildman–Crippen LogP) is 1.84. The molecule has 5 heteroatoms. The highest BCUT2D eigenvalue weighted by Gasteiger charge is 2.06. The van der Waals surface area contributed by atoms with Crippen LogP contribution in [0.5, 0.6) is 0 Å². The zero-order valence-corrected chi connectivity index (χ0v) is 10.4. The third kappa shape index (κ3) is 2.18. The van der Waals surface area contributed by atoms with Crippen LogP contribution in [0.25, 0.3) is 22.5 Å². The van der Waals surface area contributed by atoms with Crippen molar-refractivity contribution in [3.05, 3.63) is 59.5 Å². The third-order valence-electron chi connectivity index (χ3n) is 2.92. The van der Waals surface area contributed by atoms with Crippen LogP contribution in [0, 0.1) is 0 Å². The predicted molar refractivity (Wildman–Crippen MR) is 72.5 cm³/mol. The lowest BCUT2D eigenvalue weighted by Gasteiger charge is -2.02. The lowest BCUT2D eigenvalue weighted by Crippen LogP contribution is -2.11. The van der Waals surface area contributed by atoms with E-state index in [1.54, 1.807) is 31.8 Å². The van der Waals surface area contributed by atoms with E-state index in [-0.39, 0.29) is 5.69 Å². The van der Waals surface area contributed by atoms with Gasteiger partial charge in [0.25, 0.3) is 0 Å². The molecule has 1 N–H and O–H groups in total. The molecular weight excluding hydrogens is 240 g/mol. The molecule has 0 atom stereocenters. The molecule has 3 aromatic rings. The van der Waals surface area contributed by atoms with E-state index >= 15 is 0 Å². The summed E-state index contributed by atoms with van der Waals surface area (Å²) in [6, 6.07) is 7.73. The maximum Gasteiger partial charge on any atom is 0.325 e. The number of aromatic nitrogens is 4. The lowest BCUT2D eigenvalue weighted by atomic mass is 10.1. The Hall–Kier alpha value is -2.69. The van der Waals surface area contributed by atoms with E-state index in [0.717, 1.165) is 16.8 Å². The fourth-order valence-electron chi connectivity index (χ4n) is 1.91. The molecule has 3 aromatic heterocycles. The number of hydrogen-bond donors (Lipinski definition) is 1. The normalized spacial score (nSPS) is 10.6. The molecule has 0 aliphatic rings. The molecule has 0 aliphatic heterocycles. The molecule has 0 spiro atoms. The van der Waals surface area contributed by atoms with Crippen molar-refractivity contribution in [1.29, 1.82) is 0 Å². The van der Waals surface area contributed by atoms with Crippen LogP contribution in [-0.2, 0) is 7.05 Å². The summed E-state index contributed by atoms with van der Waals surface area (Å²) in [5, 5.41) is 0. The number of H-pyrrole nitrogens is 1. The summed E-state index contributed by atoms with van der Waals surface area (Å²) < 4.78 is 1.49. The largest absolute Gasteiger partial charge is 0.325 e. The van der Waals surface area contributed by atoms with E-state index in [1.807, 2.05) is 24.3 Å². The van der Waals surface area contributed by atoms with Crippen molar-refractivity contribution in [1.82, 2.24) is 19.5 Å². The average Bonchev–Trinajstić information content (AvgIpc) is 2.80. The van der Waals surface area contributed by atoms with Crippen LogP contribution in [0.4, 0.5) is 0 Å². The summed E-state index contributed by atoms with van der Waals surface area (Å²) >= 11 is 0. The van der Waals surface area contributed by atoms with E-state index in [2.05, 4.69) is 15.0 Å². The van der Waals surface area contributed by atoms with Gasteiger partial charge < -0.3 is 9.55 Å². The van der Waals surface area contributed by atoms with Crippen molar-refractivity contribution in [3.63, 3.8) is 0 Å². The average molecular weight is 252 g/mol. The number of imidazole rings is 1. The van der Waals surface area contributed by atoms with Gasteiger partial charge in [0.2, 0.25) is 0 Å². The second kappa shape index (κ2) is 4.53. The Kier molecular flexibility index (Phi) is 2.72. The number of aromatic amines is 1. The SMILES string of the molecule is Cn1cc(-c2cc(-c3cccnc3)ccn2)[nH]c1=O. The van der Waals surface area contributed by atoms with Crippen molar-refractivity contribution in [2.24, 2.45) is 7.05 Å². The molecule has 0 radical (unpaired) electrons. The highest BCUT2D eigenvalue weighted by molar-refractivity contribution is 5.67. The van der Waals surface area contributed by atoms with E-state index in [4.69, 9.17) is 0 Å². The summed E-state index contributed by atoms with van der Waals surface area (Å²) in [5.41, 5.74) is 3.33. The molecule has 5 nitrogen and oxygen atoms in total. The summed E-state index contributed by atoms with van der Waals surface area (Å²) in [7, 11) is 1.70. The van der Waals surface area contributed by atoms with Gasteiger partial charge in [-0.05, 0) is 23.8 Å². The van der Waals surface area contributed by atoms with Crippen molar-refractivity contribution in [3.8, 4) is 22.5 Å². The van der Waals surface area contributed by atoms with Crippen LogP contribution in [0.2, 0.25) is 0 Å². The fourth-order valence-corrected chi connectivity index (χ4v) is 1.91. The Morgan fingerprint density at radius 1 is 1.21 bits per heavy atom. The molecule has 0 amide bonds. The standard InChI is InChI=1S/C14H12N4O/c1-18-9-13(17-14(18)19)12-7-10(4-6-16-12)11-3-2-5-15-8-11/h2-9H,1H3,(H,17,19). The second-order valence-electron chi connectivity index (χ2n) is 4.26. The van der Waals surface area contributed by atoms with Gasteiger partial charge in [0.1, 0.15) is 0 Å². The summed E-state index contributed by atoms with van der Waals surface area (Å²) in [6.45, 7) is 0. The Morgan fingerprint density at radius 3 is 2.79 bits per heavy atom. The Morgan fingerprint density at radius 2 is 2.11 bits per heavy atom. The highest BCUT2D eigenvalue weighted by Crippen LogP contribution is 2.22. The molecule has 0 aliphatic carbocycles. The second-order valence-corrected chi connectivity index (χ2v) is 4.26. The van der Waals surface area contributed by atoms with E-state index < -0.39 is 0 Å². The van der Waals surface area contributed by atoms with E-state index in [1.165, 1.54) is 4.57 Å². The zero-order chi connectivity index (χ0) is 13.2. The molecule has 0 fully saturated rings. The topological polar surface area (TPSA) is 63.6 Å². The molecule has 3 rings (SSSR count). The van der Waals surface area contributed by atoms with Crippen molar-refractivity contribution in [2.75, 3.05) is 0 Å². The van der Waals surface area contributed by atoms with Gasteiger partial charge in [0, 0.05) is 37.4 Å². The van der Waals surface area contributed by atoms with Crippen LogP contribution < -0.4 is 5.69 Å². The first-order valence-electron chi connectivity index (χ1n) is 5.86. The monoisotopic (exact) mass is 252 g/mol. The minimum atomic E-state index is -0.149. The minimum absolute atomic E-state index is 0.149. The summed E-state index contributed by atoms with van der Waals surface area (Å²) in [6.07, 6.45) is 6.99. The first-order chi connectivity index (χ1) is 9.24. The Bertz CT molecular complexity index is 758. The van der Waals surface area contributed by atoms with Crippen LogP contribution >= 0.6 is 0 Å². The quantitative estimate of drug-likeness (QED) is 0.757. The number of rotatable bonds is 2. The molecule has 0 unspecified atom stereocenters. The van der Waals surface area contributed by atoms with Gasteiger partial charge in [0.15, 0.2) is 0 Å². The summed E-state index contributed by atoms with van der Waals surface area (Å²) in [5.74, 6) is 0. The minimum Gasteiger partial charge on any atom is -0.304 e. The van der Waals surface area contributed by atoms with Crippen molar-refractivity contribution in [2.45, 2.75) is 0 Å². The number of hydrogen-bond acceptors (Lipinski definition) is 3. The van der Waals surface area contributed by atoms with E-state index in [9.17, 15) is 4.79 Å². The van der Waals surface area contributed by atoms with Gasteiger partial charge in [-0.2, -0.15) is 0 Å². The molecule has 0 saturated carbocycles.